The highest BCUT2D eigenvalue weighted by atomic mass is 32.2. The first-order valence-corrected chi connectivity index (χ1v) is 7.30. The highest BCUT2D eigenvalue weighted by Gasteiger charge is 2.14. The van der Waals surface area contributed by atoms with Gasteiger partial charge in [-0.25, -0.2) is 0 Å². The van der Waals surface area contributed by atoms with Crippen LogP contribution in [0.25, 0.3) is 0 Å². The molecule has 1 heterocycles. The summed E-state index contributed by atoms with van der Waals surface area (Å²) in [6.45, 7) is 2.10. The van der Waals surface area contributed by atoms with Gasteiger partial charge in [0.25, 0.3) is 0 Å². The lowest BCUT2D eigenvalue weighted by atomic mass is 10.2. The first-order valence-electron chi connectivity index (χ1n) is 4.92. The molecular weight excluding hydrogens is 246 g/mol. The van der Waals surface area contributed by atoms with Gasteiger partial charge >= 0.3 is 5.97 Å². The number of carbonyl (C=O) groups is 1. The molecule has 1 aromatic heterocycles. The lowest BCUT2D eigenvalue weighted by Gasteiger charge is -2.16. The van der Waals surface area contributed by atoms with E-state index >= 15 is 0 Å². The molecule has 0 saturated carbocycles. The molecule has 0 radical (unpaired) electrons. The van der Waals surface area contributed by atoms with Gasteiger partial charge in [0.05, 0.1) is 5.75 Å². The molecule has 5 nitrogen and oxygen atoms in total. The molecule has 1 rings (SSSR count). The predicted molar refractivity (Wildman–Crippen MR) is 66.1 cm³/mol. The summed E-state index contributed by atoms with van der Waals surface area (Å²) in [5.74, 6) is 0.168. The Kier molecular flexibility index (Phi) is 5.68. The number of thioether (sulfide) groups is 2. The van der Waals surface area contributed by atoms with Crippen LogP contribution in [-0.2, 0) is 4.79 Å². The molecule has 90 valence electrons. The van der Waals surface area contributed by atoms with Crippen molar-refractivity contribution in [2.24, 2.45) is 0 Å². The van der Waals surface area contributed by atoms with Gasteiger partial charge in [-0.2, -0.15) is 11.8 Å². The summed E-state index contributed by atoms with van der Waals surface area (Å²) in [4.78, 5) is 10.5. The van der Waals surface area contributed by atoms with Gasteiger partial charge < -0.3 is 9.67 Å². The van der Waals surface area contributed by atoms with Crippen LogP contribution < -0.4 is 0 Å². The second kappa shape index (κ2) is 6.80. The number of nitrogens with zero attached hydrogens (tertiary/aromatic N) is 3. The smallest absolute Gasteiger partial charge is 0.313 e. The fourth-order valence-electron chi connectivity index (χ4n) is 1.30. The van der Waals surface area contributed by atoms with E-state index in [1.54, 1.807) is 18.1 Å². The molecular formula is C9H15N3O2S2. The maximum Gasteiger partial charge on any atom is 0.313 e. The third-order valence-electron chi connectivity index (χ3n) is 2.09. The van der Waals surface area contributed by atoms with Crippen LogP contribution in [0.2, 0.25) is 0 Å². The summed E-state index contributed by atoms with van der Waals surface area (Å²) < 4.78 is 1.96. The Labute approximate surface area is 103 Å². The van der Waals surface area contributed by atoms with Crippen LogP contribution >= 0.6 is 23.5 Å². The van der Waals surface area contributed by atoms with Crippen LogP contribution in [0.4, 0.5) is 0 Å². The van der Waals surface area contributed by atoms with E-state index in [2.05, 4.69) is 23.4 Å². The predicted octanol–water partition coefficient (Wildman–Crippen LogP) is 1.77. The number of aliphatic carboxylic acids is 1. The Morgan fingerprint density at radius 1 is 1.69 bits per heavy atom. The molecule has 1 atom stereocenters. The van der Waals surface area contributed by atoms with Crippen LogP contribution in [0, 0.1) is 0 Å². The van der Waals surface area contributed by atoms with Gasteiger partial charge in [-0.3, -0.25) is 4.79 Å². The van der Waals surface area contributed by atoms with Crippen molar-refractivity contribution in [1.29, 1.82) is 0 Å². The second-order valence-electron chi connectivity index (χ2n) is 3.22. The van der Waals surface area contributed by atoms with Gasteiger partial charge in [-0.05, 0) is 12.7 Å². The molecule has 16 heavy (non-hydrogen) atoms. The minimum atomic E-state index is -0.836. The largest absolute Gasteiger partial charge is 0.481 e. The summed E-state index contributed by atoms with van der Waals surface area (Å²) >= 11 is 2.98. The molecule has 0 aromatic carbocycles. The average molecular weight is 261 g/mol. The van der Waals surface area contributed by atoms with Gasteiger partial charge in [0.2, 0.25) is 0 Å². The van der Waals surface area contributed by atoms with Gasteiger partial charge in [-0.1, -0.05) is 18.7 Å². The number of carboxylic acid groups (broad SMARTS) is 1. The van der Waals surface area contributed by atoms with Gasteiger partial charge in [0.15, 0.2) is 5.16 Å². The van der Waals surface area contributed by atoms with Gasteiger partial charge in [0, 0.05) is 11.8 Å². The molecule has 0 spiro atoms. The highest BCUT2D eigenvalue weighted by Crippen LogP contribution is 2.23. The van der Waals surface area contributed by atoms with Crippen molar-refractivity contribution in [3.8, 4) is 0 Å². The summed E-state index contributed by atoms with van der Waals surface area (Å²) in [6, 6.07) is 0.335. The van der Waals surface area contributed by atoms with E-state index in [-0.39, 0.29) is 5.75 Å². The van der Waals surface area contributed by atoms with Crippen LogP contribution in [0.3, 0.4) is 0 Å². The summed E-state index contributed by atoms with van der Waals surface area (Å²) in [5, 5.41) is 17.1. The Hall–Kier alpha value is -0.690. The number of rotatable bonds is 7. The van der Waals surface area contributed by atoms with E-state index in [0.29, 0.717) is 11.2 Å². The van der Waals surface area contributed by atoms with Gasteiger partial charge in [0.1, 0.15) is 6.33 Å². The number of carboxylic acids is 1. The van der Waals surface area contributed by atoms with Crippen molar-refractivity contribution >= 4 is 29.5 Å². The SMILES string of the molecule is CCC(CSC)n1cnnc1SCC(=O)O. The summed E-state index contributed by atoms with van der Waals surface area (Å²) in [5.41, 5.74) is 0. The van der Waals surface area contributed by atoms with Crippen molar-refractivity contribution < 1.29 is 9.90 Å². The fourth-order valence-corrected chi connectivity index (χ4v) is 2.78. The molecule has 0 amide bonds. The maximum atomic E-state index is 10.5. The number of aromatic nitrogens is 3. The molecule has 0 aliphatic rings. The van der Waals surface area contributed by atoms with Crippen molar-refractivity contribution in [2.45, 2.75) is 24.5 Å². The zero-order chi connectivity index (χ0) is 12.0. The normalized spacial score (nSPS) is 12.6. The van der Waals surface area contributed by atoms with Crippen molar-refractivity contribution in [3.63, 3.8) is 0 Å². The van der Waals surface area contributed by atoms with E-state index < -0.39 is 5.97 Å². The molecule has 0 aliphatic carbocycles. The first kappa shape index (κ1) is 13.4. The highest BCUT2D eigenvalue weighted by molar-refractivity contribution is 7.99. The van der Waals surface area contributed by atoms with Crippen molar-refractivity contribution in [1.82, 2.24) is 14.8 Å². The van der Waals surface area contributed by atoms with E-state index in [9.17, 15) is 4.79 Å². The summed E-state index contributed by atoms with van der Waals surface area (Å²) in [7, 11) is 0. The van der Waals surface area contributed by atoms with Crippen LogP contribution in [0.1, 0.15) is 19.4 Å². The van der Waals surface area contributed by atoms with Crippen molar-refractivity contribution in [3.05, 3.63) is 6.33 Å². The molecule has 1 N–H and O–H groups in total. The third kappa shape index (κ3) is 3.71. The monoisotopic (exact) mass is 261 g/mol. The molecule has 1 aromatic rings. The topological polar surface area (TPSA) is 68.0 Å². The standard InChI is InChI=1S/C9H15N3O2S2/c1-3-7(4-15-2)12-6-10-11-9(12)16-5-8(13)14/h6-7H,3-5H2,1-2H3,(H,13,14). The lowest BCUT2D eigenvalue weighted by Crippen LogP contribution is -2.11. The molecule has 0 fully saturated rings. The lowest BCUT2D eigenvalue weighted by molar-refractivity contribution is -0.133. The maximum absolute atomic E-state index is 10.5. The van der Waals surface area contributed by atoms with E-state index in [0.717, 1.165) is 12.2 Å². The molecule has 0 bridgehead atoms. The molecule has 1 unspecified atom stereocenters. The average Bonchev–Trinajstić information content (AvgIpc) is 2.71. The first-order chi connectivity index (χ1) is 7.69. The van der Waals surface area contributed by atoms with Crippen molar-refractivity contribution in [2.75, 3.05) is 17.8 Å². The Morgan fingerprint density at radius 2 is 2.44 bits per heavy atom. The molecule has 0 aliphatic heterocycles. The minimum absolute atomic E-state index is 0.0222. The van der Waals surface area contributed by atoms with Crippen LogP contribution in [0.5, 0.6) is 0 Å². The van der Waals surface area contributed by atoms with E-state index in [4.69, 9.17) is 5.11 Å². The second-order valence-corrected chi connectivity index (χ2v) is 5.07. The fraction of sp³-hybridized carbons (Fsp3) is 0.667. The summed E-state index contributed by atoms with van der Waals surface area (Å²) in [6.07, 6.45) is 4.71. The third-order valence-corrected chi connectivity index (χ3v) is 3.75. The molecule has 0 saturated heterocycles. The van der Waals surface area contributed by atoms with Crippen LogP contribution in [0.15, 0.2) is 11.5 Å². The zero-order valence-electron chi connectivity index (χ0n) is 9.29. The molecule has 7 heteroatoms. The number of hydrogen-bond acceptors (Lipinski definition) is 5. The number of hydrogen-bond donors (Lipinski definition) is 1. The van der Waals surface area contributed by atoms with E-state index in [1.165, 1.54) is 11.8 Å². The Morgan fingerprint density at radius 3 is 3.00 bits per heavy atom. The minimum Gasteiger partial charge on any atom is -0.481 e. The zero-order valence-corrected chi connectivity index (χ0v) is 10.9. The van der Waals surface area contributed by atoms with Crippen LogP contribution in [-0.4, -0.2) is 43.6 Å². The van der Waals surface area contributed by atoms with Gasteiger partial charge in [-0.15, -0.1) is 10.2 Å². The Bertz CT molecular complexity index is 343. The Balaban J connectivity index is 2.71. The van der Waals surface area contributed by atoms with E-state index in [1.807, 2.05) is 4.57 Å². The quantitative estimate of drug-likeness (QED) is 0.754.